The summed E-state index contributed by atoms with van der Waals surface area (Å²) in [7, 11) is 0. The minimum absolute atomic E-state index is 0.143. The van der Waals surface area contributed by atoms with E-state index in [0.29, 0.717) is 0 Å². The molecule has 1 aromatic carbocycles. The number of nitrogens with one attached hydrogen (secondary N) is 2. The number of hydrogen-bond donors (Lipinski definition) is 2. The summed E-state index contributed by atoms with van der Waals surface area (Å²) in [5, 5.41) is 6.37. The highest BCUT2D eigenvalue weighted by Crippen LogP contribution is 2.30. The first-order chi connectivity index (χ1) is 10.1. The Hall–Kier alpha value is -1.33. The van der Waals surface area contributed by atoms with Gasteiger partial charge in [0.05, 0.1) is 0 Å². The van der Waals surface area contributed by atoms with Crippen LogP contribution in [0.5, 0.6) is 0 Å². The molecule has 1 aliphatic carbocycles. The standard InChI is InChI=1S/C16H17BrN2OS/c1-10-15(17)8-14(21-10)9-18-12-3-2-4-13(7-12)19-16(20)11-5-6-11/h2-4,7-8,11,18H,5-6,9H2,1H3,(H,19,20). The molecular formula is C16H17BrN2OS. The number of carbonyl (C=O) groups excluding carboxylic acids is 1. The molecular weight excluding hydrogens is 348 g/mol. The smallest absolute Gasteiger partial charge is 0.227 e. The van der Waals surface area contributed by atoms with Crippen LogP contribution < -0.4 is 10.6 Å². The summed E-state index contributed by atoms with van der Waals surface area (Å²) in [5.41, 5.74) is 1.88. The third-order valence-corrected chi connectivity index (χ3v) is 5.59. The number of thiophene rings is 1. The Kier molecular flexibility index (Phi) is 4.31. The Morgan fingerprint density at radius 1 is 1.33 bits per heavy atom. The van der Waals surface area contributed by atoms with Crippen LogP contribution in [0.1, 0.15) is 22.6 Å². The van der Waals surface area contributed by atoms with Crippen molar-refractivity contribution in [2.45, 2.75) is 26.3 Å². The number of amides is 1. The maximum absolute atomic E-state index is 11.8. The molecule has 0 radical (unpaired) electrons. The third kappa shape index (κ3) is 3.86. The molecule has 3 rings (SSSR count). The molecule has 0 atom stereocenters. The van der Waals surface area contributed by atoms with Gasteiger partial charge in [-0.1, -0.05) is 6.07 Å². The third-order valence-electron chi connectivity index (χ3n) is 3.45. The lowest BCUT2D eigenvalue weighted by Gasteiger charge is -2.08. The minimum atomic E-state index is 0.143. The lowest BCUT2D eigenvalue weighted by atomic mass is 10.2. The van der Waals surface area contributed by atoms with Gasteiger partial charge < -0.3 is 10.6 Å². The number of carbonyl (C=O) groups is 1. The summed E-state index contributed by atoms with van der Waals surface area (Å²) < 4.78 is 1.16. The molecule has 1 aromatic heterocycles. The fraction of sp³-hybridized carbons (Fsp3) is 0.312. The molecule has 1 aliphatic rings. The van der Waals surface area contributed by atoms with Crippen LogP contribution in [0.25, 0.3) is 0 Å². The van der Waals surface area contributed by atoms with Gasteiger partial charge in [-0.2, -0.15) is 0 Å². The van der Waals surface area contributed by atoms with E-state index in [1.54, 1.807) is 11.3 Å². The van der Waals surface area contributed by atoms with Crippen molar-refractivity contribution in [3.63, 3.8) is 0 Å². The molecule has 0 aliphatic heterocycles. The quantitative estimate of drug-likeness (QED) is 0.801. The van der Waals surface area contributed by atoms with Gasteiger partial charge >= 0.3 is 0 Å². The Labute approximate surface area is 136 Å². The van der Waals surface area contributed by atoms with Crippen molar-refractivity contribution in [1.29, 1.82) is 0 Å². The molecule has 0 spiro atoms. The van der Waals surface area contributed by atoms with Crippen LogP contribution in [0.2, 0.25) is 0 Å². The number of halogens is 1. The summed E-state index contributed by atoms with van der Waals surface area (Å²) in [5.74, 6) is 0.373. The highest BCUT2D eigenvalue weighted by molar-refractivity contribution is 9.10. The summed E-state index contributed by atoms with van der Waals surface area (Å²) in [6, 6.07) is 10.0. The van der Waals surface area contributed by atoms with Crippen LogP contribution in [0.15, 0.2) is 34.8 Å². The van der Waals surface area contributed by atoms with Crippen molar-refractivity contribution in [3.05, 3.63) is 44.6 Å². The Morgan fingerprint density at radius 2 is 2.10 bits per heavy atom. The Balaban J connectivity index is 1.61. The predicted octanol–water partition coefficient (Wildman–Crippen LogP) is 4.78. The van der Waals surface area contributed by atoms with E-state index in [4.69, 9.17) is 0 Å². The molecule has 0 unspecified atom stereocenters. The van der Waals surface area contributed by atoms with Gasteiger partial charge in [0.1, 0.15) is 0 Å². The number of rotatable bonds is 5. The number of benzene rings is 1. The van der Waals surface area contributed by atoms with Gasteiger partial charge in [0.2, 0.25) is 5.91 Å². The van der Waals surface area contributed by atoms with Crippen molar-refractivity contribution in [1.82, 2.24) is 0 Å². The van der Waals surface area contributed by atoms with Crippen LogP contribution in [0.3, 0.4) is 0 Å². The average Bonchev–Trinajstić information content (AvgIpc) is 3.25. The Morgan fingerprint density at radius 3 is 2.76 bits per heavy atom. The molecule has 1 fully saturated rings. The molecule has 1 amide bonds. The molecule has 0 saturated heterocycles. The molecule has 3 nitrogen and oxygen atoms in total. The lowest BCUT2D eigenvalue weighted by Crippen LogP contribution is -2.13. The van der Waals surface area contributed by atoms with Crippen LogP contribution in [-0.2, 0) is 11.3 Å². The van der Waals surface area contributed by atoms with Gasteiger partial charge in [0.25, 0.3) is 0 Å². The van der Waals surface area contributed by atoms with Crippen molar-refractivity contribution >= 4 is 44.5 Å². The van der Waals surface area contributed by atoms with E-state index < -0.39 is 0 Å². The Bertz CT molecular complexity index is 645. The van der Waals surface area contributed by atoms with Crippen molar-refractivity contribution in [2.75, 3.05) is 10.6 Å². The molecule has 0 bridgehead atoms. The summed E-state index contributed by atoms with van der Waals surface area (Å²) >= 11 is 5.32. The van der Waals surface area contributed by atoms with E-state index >= 15 is 0 Å². The van der Waals surface area contributed by atoms with Crippen LogP contribution in [0.4, 0.5) is 11.4 Å². The molecule has 5 heteroatoms. The van der Waals surface area contributed by atoms with E-state index in [1.165, 1.54) is 9.75 Å². The van der Waals surface area contributed by atoms with Gasteiger partial charge in [0, 0.05) is 38.1 Å². The molecule has 1 saturated carbocycles. The van der Waals surface area contributed by atoms with Crippen LogP contribution >= 0.6 is 27.3 Å². The van der Waals surface area contributed by atoms with Gasteiger partial charge in [-0.15, -0.1) is 11.3 Å². The summed E-state index contributed by atoms with van der Waals surface area (Å²) in [4.78, 5) is 14.3. The fourth-order valence-electron chi connectivity index (χ4n) is 2.09. The van der Waals surface area contributed by atoms with Crippen molar-refractivity contribution in [3.8, 4) is 0 Å². The number of hydrogen-bond acceptors (Lipinski definition) is 3. The number of aryl methyl sites for hydroxylation is 1. The SMILES string of the molecule is Cc1sc(CNc2cccc(NC(=O)C3CC3)c2)cc1Br. The first-order valence-electron chi connectivity index (χ1n) is 7.01. The largest absolute Gasteiger partial charge is 0.380 e. The summed E-state index contributed by atoms with van der Waals surface area (Å²) in [6.45, 7) is 2.89. The van der Waals surface area contributed by atoms with E-state index in [1.807, 2.05) is 24.3 Å². The zero-order valence-corrected chi connectivity index (χ0v) is 14.2. The lowest BCUT2D eigenvalue weighted by molar-refractivity contribution is -0.117. The van der Waals surface area contributed by atoms with Gasteiger partial charge in [-0.3, -0.25) is 4.79 Å². The van der Waals surface area contributed by atoms with E-state index in [0.717, 1.165) is 35.2 Å². The van der Waals surface area contributed by atoms with Gasteiger partial charge in [-0.25, -0.2) is 0 Å². The molecule has 2 N–H and O–H groups in total. The topological polar surface area (TPSA) is 41.1 Å². The van der Waals surface area contributed by atoms with E-state index in [9.17, 15) is 4.79 Å². The highest BCUT2D eigenvalue weighted by atomic mass is 79.9. The average molecular weight is 365 g/mol. The normalized spacial score (nSPS) is 14.0. The van der Waals surface area contributed by atoms with E-state index in [-0.39, 0.29) is 11.8 Å². The minimum Gasteiger partial charge on any atom is -0.380 e. The second kappa shape index (κ2) is 6.20. The molecule has 110 valence electrons. The number of anilines is 2. The van der Waals surface area contributed by atoms with Crippen molar-refractivity contribution in [2.24, 2.45) is 5.92 Å². The van der Waals surface area contributed by atoms with Gasteiger partial charge in [0.15, 0.2) is 0 Å². The zero-order chi connectivity index (χ0) is 14.8. The van der Waals surface area contributed by atoms with Crippen LogP contribution in [0, 0.1) is 12.8 Å². The first-order valence-corrected chi connectivity index (χ1v) is 8.62. The van der Waals surface area contributed by atoms with E-state index in [2.05, 4.69) is 39.6 Å². The zero-order valence-electron chi connectivity index (χ0n) is 11.8. The molecule has 1 heterocycles. The fourth-order valence-corrected chi connectivity index (χ4v) is 3.63. The maximum atomic E-state index is 11.8. The second-order valence-corrected chi connectivity index (χ2v) is 7.51. The first kappa shape index (κ1) is 14.6. The molecule has 2 aromatic rings. The van der Waals surface area contributed by atoms with Gasteiger partial charge in [-0.05, 0) is 60.0 Å². The highest BCUT2D eigenvalue weighted by Gasteiger charge is 2.29. The molecule has 21 heavy (non-hydrogen) atoms. The predicted molar refractivity (Wildman–Crippen MR) is 91.9 cm³/mol. The monoisotopic (exact) mass is 364 g/mol. The second-order valence-electron chi connectivity index (χ2n) is 5.31. The van der Waals surface area contributed by atoms with Crippen LogP contribution in [-0.4, -0.2) is 5.91 Å². The van der Waals surface area contributed by atoms with Crippen molar-refractivity contribution < 1.29 is 4.79 Å². The maximum Gasteiger partial charge on any atom is 0.227 e. The summed E-state index contributed by atoms with van der Waals surface area (Å²) in [6.07, 6.45) is 2.05.